The third-order valence-corrected chi connectivity index (χ3v) is 2.33. The summed E-state index contributed by atoms with van der Waals surface area (Å²) in [4.78, 5) is 14.9. The minimum Gasteiger partial charge on any atom is -0.475 e. The van der Waals surface area contributed by atoms with Crippen LogP contribution in [-0.2, 0) is 6.42 Å². The number of oxazole rings is 1. The van der Waals surface area contributed by atoms with Crippen LogP contribution in [0.2, 0.25) is 0 Å². The number of aromatic carboxylic acids is 1. The van der Waals surface area contributed by atoms with Crippen molar-refractivity contribution in [3.05, 3.63) is 41.5 Å². The molecule has 0 amide bonds. The van der Waals surface area contributed by atoms with E-state index in [0.717, 1.165) is 0 Å². The number of nitrogens with zero attached hydrogens (tertiary/aromatic N) is 1. The molecule has 0 fully saturated rings. The molecule has 0 unspecified atom stereocenters. The SMILES string of the molecule is CCc1nc(-c2ccccc2F)oc1C(=O)O. The second-order valence-electron chi connectivity index (χ2n) is 3.43. The number of hydrogen-bond donors (Lipinski definition) is 1. The van der Waals surface area contributed by atoms with Gasteiger partial charge in [0.2, 0.25) is 11.7 Å². The summed E-state index contributed by atoms with van der Waals surface area (Å²) in [6.45, 7) is 1.76. The minimum atomic E-state index is -1.20. The smallest absolute Gasteiger partial charge is 0.373 e. The van der Waals surface area contributed by atoms with Crippen molar-refractivity contribution < 1.29 is 18.7 Å². The lowest BCUT2D eigenvalue weighted by Crippen LogP contribution is -1.98. The number of rotatable bonds is 3. The van der Waals surface area contributed by atoms with E-state index in [1.165, 1.54) is 12.1 Å². The van der Waals surface area contributed by atoms with E-state index in [0.29, 0.717) is 12.1 Å². The molecule has 0 spiro atoms. The zero-order chi connectivity index (χ0) is 12.4. The van der Waals surface area contributed by atoms with Gasteiger partial charge in [0, 0.05) is 0 Å². The lowest BCUT2D eigenvalue weighted by Gasteiger charge is -1.95. The van der Waals surface area contributed by atoms with Gasteiger partial charge in [-0.3, -0.25) is 0 Å². The van der Waals surface area contributed by atoms with Crippen LogP contribution in [0.15, 0.2) is 28.7 Å². The number of carboxylic acids is 1. The van der Waals surface area contributed by atoms with Crippen LogP contribution in [0.4, 0.5) is 4.39 Å². The van der Waals surface area contributed by atoms with E-state index in [4.69, 9.17) is 9.52 Å². The lowest BCUT2D eigenvalue weighted by atomic mass is 10.2. The van der Waals surface area contributed by atoms with Crippen LogP contribution in [0.25, 0.3) is 11.5 Å². The maximum Gasteiger partial charge on any atom is 0.373 e. The fourth-order valence-electron chi connectivity index (χ4n) is 1.51. The fraction of sp³-hybridized carbons (Fsp3) is 0.167. The van der Waals surface area contributed by atoms with E-state index in [1.807, 2.05) is 0 Å². The second kappa shape index (κ2) is 4.37. The summed E-state index contributed by atoms with van der Waals surface area (Å²) < 4.78 is 18.6. The monoisotopic (exact) mass is 235 g/mol. The van der Waals surface area contributed by atoms with Crippen molar-refractivity contribution in [2.24, 2.45) is 0 Å². The molecule has 0 saturated carbocycles. The second-order valence-corrected chi connectivity index (χ2v) is 3.43. The van der Waals surface area contributed by atoms with Gasteiger partial charge >= 0.3 is 5.97 Å². The van der Waals surface area contributed by atoms with E-state index in [2.05, 4.69) is 4.98 Å². The van der Waals surface area contributed by atoms with E-state index in [9.17, 15) is 9.18 Å². The first-order chi connectivity index (χ1) is 8.13. The molecule has 5 heteroatoms. The predicted octanol–water partition coefficient (Wildman–Crippen LogP) is 2.74. The van der Waals surface area contributed by atoms with Gasteiger partial charge in [0.1, 0.15) is 5.82 Å². The van der Waals surface area contributed by atoms with E-state index < -0.39 is 11.8 Å². The number of halogens is 1. The minimum absolute atomic E-state index is 0.00245. The van der Waals surface area contributed by atoms with Gasteiger partial charge < -0.3 is 9.52 Å². The summed E-state index contributed by atoms with van der Waals surface area (Å²) >= 11 is 0. The molecular weight excluding hydrogens is 225 g/mol. The number of aromatic nitrogens is 1. The molecule has 0 aliphatic carbocycles. The standard InChI is InChI=1S/C12H10FNO3/c1-2-9-10(12(15)16)17-11(14-9)7-5-3-4-6-8(7)13/h3-6H,2H2,1H3,(H,15,16). The van der Waals surface area contributed by atoms with Gasteiger partial charge in [0.05, 0.1) is 11.3 Å². The summed E-state index contributed by atoms with van der Waals surface area (Å²) in [7, 11) is 0. The molecule has 0 bridgehead atoms. The van der Waals surface area contributed by atoms with Crippen molar-refractivity contribution in [2.45, 2.75) is 13.3 Å². The zero-order valence-electron chi connectivity index (χ0n) is 9.11. The Hall–Kier alpha value is -2.17. The fourth-order valence-corrected chi connectivity index (χ4v) is 1.51. The lowest BCUT2D eigenvalue weighted by molar-refractivity contribution is 0.0661. The number of aryl methyl sites for hydroxylation is 1. The molecule has 0 atom stereocenters. The summed E-state index contributed by atoms with van der Waals surface area (Å²) in [5.41, 5.74) is 0.477. The molecule has 88 valence electrons. The van der Waals surface area contributed by atoms with Crippen LogP contribution in [0, 0.1) is 5.82 Å². The van der Waals surface area contributed by atoms with Crippen molar-refractivity contribution in [1.82, 2.24) is 4.98 Å². The highest BCUT2D eigenvalue weighted by atomic mass is 19.1. The van der Waals surface area contributed by atoms with Crippen molar-refractivity contribution in [1.29, 1.82) is 0 Å². The highest BCUT2D eigenvalue weighted by Gasteiger charge is 2.20. The normalized spacial score (nSPS) is 10.5. The van der Waals surface area contributed by atoms with E-state index in [-0.39, 0.29) is 17.2 Å². The summed E-state index contributed by atoms with van der Waals surface area (Å²) in [5, 5.41) is 8.90. The quantitative estimate of drug-likeness (QED) is 0.888. The first-order valence-electron chi connectivity index (χ1n) is 5.11. The molecule has 1 aromatic heterocycles. The molecule has 4 nitrogen and oxygen atoms in total. The molecule has 1 heterocycles. The largest absolute Gasteiger partial charge is 0.475 e. The predicted molar refractivity (Wildman–Crippen MR) is 58.2 cm³/mol. The topological polar surface area (TPSA) is 63.3 Å². The maximum atomic E-state index is 13.5. The molecule has 1 N–H and O–H groups in total. The molecule has 0 aliphatic rings. The Bertz CT molecular complexity index is 563. The molecular formula is C12H10FNO3. The van der Waals surface area contributed by atoms with Crippen molar-refractivity contribution in [3.8, 4) is 11.5 Å². The van der Waals surface area contributed by atoms with Crippen molar-refractivity contribution in [3.63, 3.8) is 0 Å². The Morgan fingerprint density at radius 3 is 2.71 bits per heavy atom. The maximum absolute atomic E-state index is 13.5. The highest BCUT2D eigenvalue weighted by Crippen LogP contribution is 2.24. The Kier molecular flexibility index (Phi) is 2.91. The van der Waals surface area contributed by atoms with Crippen LogP contribution in [0.1, 0.15) is 23.2 Å². The summed E-state index contributed by atoms with van der Waals surface area (Å²) in [5.74, 6) is -1.92. The van der Waals surface area contributed by atoms with Gasteiger partial charge in [-0.1, -0.05) is 19.1 Å². The van der Waals surface area contributed by atoms with Gasteiger partial charge in [-0.2, -0.15) is 0 Å². The third-order valence-electron chi connectivity index (χ3n) is 2.33. The van der Waals surface area contributed by atoms with Crippen LogP contribution in [-0.4, -0.2) is 16.1 Å². The van der Waals surface area contributed by atoms with E-state index in [1.54, 1.807) is 19.1 Å². The number of benzene rings is 1. The van der Waals surface area contributed by atoms with Gasteiger partial charge in [-0.25, -0.2) is 14.2 Å². The van der Waals surface area contributed by atoms with Crippen molar-refractivity contribution in [2.75, 3.05) is 0 Å². The number of carbonyl (C=O) groups is 1. The van der Waals surface area contributed by atoms with Gasteiger partial charge in [0.25, 0.3) is 0 Å². The van der Waals surface area contributed by atoms with E-state index >= 15 is 0 Å². The summed E-state index contributed by atoms with van der Waals surface area (Å²) in [6, 6.07) is 5.94. The molecule has 0 aliphatic heterocycles. The van der Waals surface area contributed by atoms with Crippen LogP contribution >= 0.6 is 0 Å². The average Bonchev–Trinajstić information content (AvgIpc) is 2.73. The molecule has 2 rings (SSSR count). The van der Waals surface area contributed by atoms with Crippen molar-refractivity contribution >= 4 is 5.97 Å². The Morgan fingerprint density at radius 1 is 1.47 bits per heavy atom. The van der Waals surface area contributed by atoms with Gasteiger partial charge in [-0.15, -0.1) is 0 Å². The number of hydrogen-bond acceptors (Lipinski definition) is 3. The van der Waals surface area contributed by atoms with Crippen LogP contribution < -0.4 is 0 Å². The van der Waals surface area contributed by atoms with Gasteiger partial charge in [-0.05, 0) is 18.6 Å². The molecule has 17 heavy (non-hydrogen) atoms. The summed E-state index contributed by atoms with van der Waals surface area (Å²) in [6.07, 6.45) is 0.416. The molecule has 1 aromatic carbocycles. The molecule has 0 saturated heterocycles. The third kappa shape index (κ3) is 2.04. The molecule has 0 radical (unpaired) electrons. The Morgan fingerprint density at radius 2 is 2.18 bits per heavy atom. The van der Waals surface area contributed by atoms with Crippen LogP contribution in [0.5, 0.6) is 0 Å². The highest BCUT2D eigenvalue weighted by molar-refractivity contribution is 5.86. The number of carboxylic acid groups (broad SMARTS) is 1. The first-order valence-corrected chi connectivity index (χ1v) is 5.11. The Balaban J connectivity index is 2.54. The van der Waals surface area contributed by atoms with Gasteiger partial charge in [0.15, 0.2) is 0 Å². The average molecular weight is 235 g/mol. The Labute approximate surface area is 96.7 Å². The first kappa shape index (κ1) is 11.3. The van der Waals surface area contributed by atoms with Crippen LogP contribution in [0.3, 0.4) is 0 Å². The molecule has 2 aromatic rings. The zero-order valence-corrected chi connectivity index (χ0v) is 9.11.